The van der Waals surface area contributed by atoms with Crippen LogP contribution in [-0.2, 0) is 6.54 Å². The molecule has 22 heavy (non-hydrogen) atoms. The van der Waals surface area contributed by atoms with Gasteiger partial charge in [0.05, 0.1) is 6.61 Å². The van der Waals surface area contributed by atoms with Crippen molar-refractivity contribution in [3.05, 3.63) is 59.7 Å². The molecule has 0 atom stereocenters. The second-order valence-electron chi connectivity index (χ2n) is 5.50. The molecule has 3 nitrogen and oxygen atoms in total. The summed E-state index contributed by atoms with van der Waals surface area (Å²) in [6.07, 6.45) is 3.56. The average molecular weight is 298 g/mol. The number of para-hydroxylation sites is 1. The van der Waals surface area contributed by atoms with E-state index in [9.17, 15) is 0 Å². The van der Waals surface area contributed by atoms with Gasteiger partial charge in [-0.1, -0.05) is 50.1 Å². The van der Waals surface area contributed by atoms with Crippen LogP contribution >= 0.6 is 0 Å². The van der Waals surface area contributed by atoms with Crippen molar-refractivity contribution in [1.29, 1.82) is 0 Å². The molecule has 0 unspecified atom stereocenters. The number of aryl methyl sites for hydroxylation is 1. The summed E-state index contributed by atoms with van der Waals surface area (Å²) >= 11 is 0. The first-order valence-corrected chi connectivity index (χ1v) is 8.06. The van der Waals surface area contributed by atoms with E-state index in [1.807, 2.05) is 30.3 Å². The first kappa shape index (κ1) is 16.4. The van der Waals surface area contributed by atoms with Gasteiger partial charge in [-0.15, -0.1) is 0 Å². The minimum absolute atomic E-state index is 0.750. The van der Waals surface area contributed by atoms with Crippen LogP contribution in [0.25, 0.3) is 0 Å². The number of rotatable bonds is 9. The lowest BCUT2D eigenvalue weighted by molar-refractivity contribution is 0.304. The van der Waals surface area contributed by atoms with E-state index in [1.54, 1.807) is 0 Å². The van der Waals surface area contributed by atoms with Gasteiger partial charge in [0.1, 0.15) is 5.75 Å². The standard InChI is InChI=1S/C19H26N2O/c1-3-4-8-13-22-19-14-17(12-11-16(19)2)15-20-21-18-9-6-5-7-10-18/h5-7,9-12,14,20-21H,3-4,8,13,15H2,1-2H3. The fourth-order valence-electron chi connectivity index (χ4n) is 2.21. The third-order valence-electron chi connectivity index (χ3n) is 3.56. The lowest BCUT2D eigenvalue weighted by atomic mass is 10.1. The molecule has 0 amide bonds. The van der Waals surface area contributed by atoms with Crippen molar-refractivity contribution in [2.45, 2.75) is 39.7 Å². The van der Waals surface area contributed by atoms with E-state index in [4.69, 9.17) is 4.74 Å². The Morgan fingerprint density at radius 1 is 1.00 bits per heavy atom. The molecule has 2 aromatic carbocycles. The molecule has 2 rings (SSSR count). The van der Waals surface area contributed by atoms with Crippen molar-refractivity contribution in [3.8, 4) is 5.75 Å². The molecule has 0 fully saturated rings. The predicted octanol–water partition coefficient (Wildman–Crippen LogP) is 4.68. The molecule has 0 aliphatic carbocycles. The first-order chi connectivity index (χ1) is 10.8. The summed E-state index contributed by atoms with van der Waals surface area (Å²) < 4.78 is 5.90. The Hall–Kier alpha value is -2.00. The van der Waals surface area contributed by atoms with Crippen LogP contribution < -0.4 is 15.6 Å². The van der Waals surface area contributed by atoms with E-state index in [0.717, 1.165) is 31.0 Å². The molecule has 0 aliphatic heterocycles. The maximum absolute atomic E-state index is 5.90. The van der Waals surface area contributed by atoms with Gasteiger partial charge in [0.15, 0.2) is 0 Å². The number of unbranched alkanes of at least 4 members (excludes halogenated alkanes) is 2. The largest absolute Gasteiger partial charge is 0.493 e. The summed E-state index contributed by atoms with van der Waals surface area (Å²) in [5, 5.41) is 0. The molecule has 0 saturated carbocycles. The van der Waals surface area contributed by atoms with Crippen LogP contribution in [0.1, 0.15) is 37.3 Å². The van der Waals surface area contributed by atoms with Gasteiger partial charge in [0, 0.05) is 12.2 Å². The van der Waals surface area contributed by atoms with Crippen LogP contribution in [0.15, 0.2) is 48.5 Å². The Morgan fingerprint density at radius 3 is 2.59 bits per heavy atom. The number of hydrogen-bond donors (Lipinski definition) is 2. The maximum Gasteiger partial charge on any atom is 0.122 e. The van der Waals surface area contributed by atoms with Crippen molar-refractivity contribution in [2.75, 3.05) is 12.0 Å². The van der Waals surface area contributed by atoms with Crippen molar-refractivity contribution >= 4 is 5.69 Å². The van der Waals surface area contributed by atoms with Crippen LogP contribution in [0.3, 0.4) is 0 Å². The molecular weight excluding hydrogens is 272 g/mol. The average Bonchev–Trinajstić information content (AvgIpc) is 2.55. The van der Waals surface area contributed by atoms with E-state index in [-0.39, 0.29) is 0 Å². The zero-order chi connectivity index (χ0) is 15.6. The predicted molar refractivity (Wildman–Crippen MR) is 93.1 cm³/mol. The molecule has 0 bridgehead atoms. The number of hydrazine groups is 1. The highest BCUT2D eigenvalue weighted by atomic mass is 16.5. The number of hydrogen-bond acceptors (Lipinski definition) is 3. The Bertz CT molecular complexity index is 555. The van der Waals surface area contributed by atoms with Gasteiger partial charge >= 0.3 is 0 Å². The van der Waals surface area contributed by atoms with E-state index < -0.39 is 0 Å². The third-order valence-corrected chi connectivity index (χ3v) is 3.56. The molecule has 0 aliphatic rings. The van der Waals surface area contributed by atoms with Crippen molar-refractivity contribution in [3.63, 3.8) is 0 Å². The van der Waals surface area contributed by atoms with Crippen molar-refractivity contribution < 1.29 is 4.74 Å². The SMILES string of the molecule is CCCCCOc1cc(CNNc2ccccc2)ccc1C. The highest BCUT2D eigenvalue weighted by molar-refractivity contribution is 5.41. The third kappa shape index (κ3) is 5.41. The molecule has 0 spiro atoms. The van der Waals surface area contributed by atoms with E-state index in [1.165, 1.54) is 24.0 Å². The topological polar surface area (TPSA) is 33.3 Å². The quantitative estimate of drug-likeness (QED) is 0.521. The van der Waals surface area contributed by atoms with Gasteiger partial charge in [-0.2, -0.15) is 0 Å². The molecule has 118 valence electrons. The van der Waals surface area contributed by atoms with Crippen molar-refractivity contribution in [1.82, 2.24) is 5.43 Å². The zero-order valence-corrected chi connectivity index (χ0v) is 13.6. The summed E-state index contributed by atoms with van der Waals surface area (Å²) in [4.78, 5) is 0. The van der Waals surface area contributed by atoms with Gasteiger partial charge in [-0.3, -0.25) is 0 Å². The molecule has 0 heterocycles. The molecule has 0 radical (unpaired) electrons. The first-order valence-electron chi connectivity index (χ1n) is 8.06. The summed E-state index contributed by atoms with van der Waals surface area (Å²) in [6.45, 7) is 5.85. The molecule has 0 saturated heterocycles. The van der Waals surface area contributed by atoms with Crippen LogP contribution in [0.5, 0.6) is 5.75 Å². The lowest BCUT2D eigenvalue weighted by Crippen LogP contribution is -2.20. The maximum atomic E-state index is 5.90. The molecule has 0 aromatic heterocycles. The number of benzene rings is 2. The number of nitrogens with one attached hydrogen (secondary N) is 2. The van der Waals surface area contributed by atoms with E-state index in [2.05, 4.69) is 42.9 Å². The van der Waals surface area contributed by atoms with Crippen LogP contribution in [0.2, 0.25) is 0 Å². The van der Waals surface area contributed by atoms with Crippen LogP contribution in [0.4, 0.5) is 5.69 Å². The van der Waals surface area contributed by atoms with Crippen molar-refractivity contribution in [2.24, 2.45) is 0 Å². The highest BCUT2D eigenvalue weighted by Crippen LogP contribution is 2.20. The highest BCUT2D eigenvalue weighted by Gasteiger charge is 2.02. The second kappa shape index (κ2) is 9.11. The summed E-state index contributed by atoms with van der Waals surface area (Å²) in [5.41, 5.74) is 9.89. The van der Waals surface area contributed by atoms with Gasteiger partial charge in [0.25, 0.3) is 0 Å². The Labute approximate surface area is 133 Å². The second-order valence-corrected chi connectivity index (χ2v) is 5.50. The molecule has 2 aromatic rings. The van der Waals surface area contributed by atoms with Gasteiger partial charge in [-0.25, -0.2) is 5.43 Å². The van der Waals surface area contributed by atoms with Gasteiger partial charge in [0.2, 0.25) is 0 Å². The minimum Gasteiger partial charge on any atom is -0.493 e. The fraction of sp³-hybridized carbons (Fsp3) is 0.368. The fourth-order valence-corrected chi connectivity index (χ4v) is 2.21. The van der Waals surface area contributed by atoms with E-state index in [0.29, 0.717) is 0 Å². The molecular formula is C19H26N2O. The Morgan fingerprint density at radius 2 is 1.82 bits per heavy atom. The monoisotopic (exact) mass is 298 g/mol. The number of ether oxygens (including phenoxy) is 1. The molecule has 3 heteroatoms. The minimum atomic E-state index is 0.750. The summed E-state index contributed by atoms with van der Waals surface area (Å²) in [6, 6.07) is 16.5. The Kier molecular flexibility index (Phi) is 6.78. The van der Waals surface area contributed by atoms with Crippen LogP contribution in [-0.4, -0.2) is 6.61 Å². The Balaban J connectivity index is 1.83. The normalized spacial score (nSPS) is 10.5. The summed E-state index contributed by atoms with van der Waals surface area (Å²) in [5.74, 6) is 0.995. The smallest absolute Gasteiger partial charge is 0.122 e. The molecule has 2 N–H and O–H groups in total. The van der Waals surface area contributed by atoms with Crippen LogP contribution in [0, 0.1) is 6.92 Å². The summed E-state index contributed by atoms with van der Waals surface area (Å²) in [7, 11) is 0. The van der Waals surface area contributed by atoms with E-state index >= 15 is 0 Å². The zero-order valence-electron chi connectivity index (χ0n) is 13.6. The number of anilines is 1. The van der Waals surface area contributed by atoms with Gasteiger partial charge in [-0.05, 0) is 42.7 Å². The lowest BCUT2D eigenvalue weighted by Gasteiger charge is -2.12. The van der Waals surface area contributed by atoms with Gasteiger partial charge < -0.3 is 10.2 Å².